The molecule has 0 saturated heterocycles. The van der Waals surface area contributed by atoms with E-state index in [0.717, 1.165) is 21.8 Å². The van der Waals surface area contributed by atoms with E-state index in [4.69, 9.17) is 0 Å². The van der Waals surface area contributed by atoms with Gasteiger partial charge in [-0.05, 0) is 33.7 Å². The third-order valence-electron chi connectivity index (χ3n) is 5.00. The molecule has 0 aliphatic carbocycles. The average molecular weight is 358 g/mol. The van der Waals surface area contributed by atoms with E-state index in [1.807, 2.05) is 12.1 Å². The number of pyridine rings is 2. The highest BCUT2D eigenvalue weighted by molar-refractivity contribution is 6.07. The summed E-state index contributed by atoms with van der Waals surface area (Å²) in [5.74, 6) is 0. The molecule has 132 valence electrons. The van der Waals surface area contributed by atoms with Gasteiger partial charge in [-0.15, -0.1) is 0 Å². The topological polar surface area (TPSA) is 25.8 Å². The Hall–Kier alpha value is -3.78. The summed E-state index contributed by atoms with van der Waals surface area (Å²) < 4.78 is 0. The van der Waals surface area contributed by atoms with Crippen molar-refractivity contribution in [3.05, 3.63) is 109 Å². The molecule has 0 amide bonds. The van der Waals surface area contributed by atoms with Gasteiger partial charge in [-0.2, -0.15) is 0 Å². The molecule has 0 N–H and O–H groups in total. The number of benzene rings is 4. The van der Waals surface area contributed by atoms with Crippen LogP contribution >= 0.6 is 0 Å². The molecule has 0 aliphatic heterocycles. The van der Waals surface area contributed by atoms with Gasteiger partial charge in [0.05, 0.1) is 11.0 Å². The molecule has 0 unspecified atom stereocenters. The summed E-state index contributed by atoms with van der Waals surface area (Å²) in [5.41, 5.74) is 1.95. The lowest BCUT2D eigenvalue weighted by molar-refractivity contribution is 1.37. The van der Waals surface area contributed by atoms with E-state index in [1.165, 1.54) is 21.5 Å². The minimum atomic E-state index is 0.977. The van der Waals surface area contributed by atoms with E-state index in [9.17, 15) is 0 Å². The van der Waals surface area contributed by atoms with Crippen LogP contribution in [-0.4, -0.2) is 9.97 Å². The molecule has 0 radical (unpaired) electrons. The summed E-state index contributed by atoms with van der Waals surface area (Å²) >= 11 is 0. The molecule has 0 aliphatic rings. The Morgan fingerprint density at radius 3 is 1.25 bits per heavy atom. The second kappa shape index (κ2) is 7.09. The Balaban J connectivity index is 0.000000122. The number of fused-ring (bicyclic) bond motifs is 6. The largest absolute Gasteiger partial charge is 0.254 e. The van der Waals surface area contributed by atoms with Gasteiger partial charge >= 0.3 is 0 Å². The molecular weight excluding hydrogens is 340 g/mol. The first kappa shape index (κ1) is 16.4. The molecule has 6 rings (SSSR count). The van der Waals surface area contributed by atoms with Crippen LogP contribution in [0.15, 0.2) is 109 Å². The maximum absolute atomic E-state index is 4.35. The van der Waals surface area contributed by atoms with Crippen molar-refractivity contribution in [3.8, 4) is 0 Å². The Bertz CT molecular complexity index is 1200. The minimum Gasteiger partial charge on any atom is -0.254 e. The number of rotatable bonds is 0. The third-order valence-corrected chi connectivity index (χ3v) is 5.00. The van der Waals surface area contributed by atoms with Gasteiger partial charge in [0.1, 0.15) is 0 Å². The standard InChI is InChI=1S/C14H10.C12H8N2/c1-3-7-13-11(5-1)9-10-12-6-2-4-8-14(12)13;1-3-9-5-6-10-4-2-8-14-12(10)11(9)13-7-1/h1-10H;1-8H. The Kier molecular flexibility index (Phi) is 4.15. The quantitative estimate of drug-likeness (QED) is 0.280. The van der Waals surface area contributed by atoms with Gasteiger partial charge in [0, 0.05) is 23.2 Å². The normalized spacial score (nSPS) is 10.9. The molecule has 2 nitrogen and oxygen atoms in total. The van der Waals surface area contributed by atoms with Crippen molar-refractivity contribution in [1.29, 1.82) is 0 Å². The van der Waals surface area contributed by atoms with Crippen LogP contribution in [0, 0.1) is 0 Å². The lowest BCUT2D eigenvalue weighted by Crippen LogP contribution is -1.83. The zero-order valence-electron chi connectivity index (χ0n) is 15.3. The number of hydrogen-bond acceptors (Lipinski definition) is 2. The minimum absolute atomic E-state index is 0.977. The smallest absolute Gasteiger partial charge is 0.0964 e. The molecule has 28 heavy (non-hydrogen) atoms. The van der Waals surface area contributed by atoms with Crippen molar-refractivity contribution in [2.75, 3.05) is 0 Å². The van der Waals surface area contributed by atoms with Crippen LogP contribution in [0.3, 0.4) is 0 Å². The van der Waals surface area contributed by atoms with Crippen LogP contribution in [-0.2, 0) is 0 Å². The Morgan fingerprint density at radius 1 is 0.357 bits per heavy atom. The van der Waals surface area contributed by atoms with Crippen LogP contribution < -0.4 is 0 Å². The van der Waals surface area contributed by atoms with Gasteiger partial charge in [0.15, 0.2) is 0 Å². The fourth-order valence-corrected chi connectivity index (χ4v) is 3.63. The predicted octanol–water partition coefficient (Wildman–Crippen LogP) is 6.78. The van der Waals surface area contributed by atoms with Crippen LogP contribution in [0.2, 0.25) is 0 Å². The third kappa shape index (κ3) is 2.95. The summed E-state index contributed by atoms with van der Waals surface area (Å²) in [4.78, 5) is 8.69. The van der Waals surface area contributed by atoms with Gasteiger partial charge < -0.3 is 0 Å². The molecule has 4 aromatic carbocycles. The molecule has 2 heterocycles. The first-order valence-corrected chi connectivity index (χ1v) is 9.35. The van der Waals surface area contributed by atoms with E-state index in [1.54, 1.807) is 12.4 Å². The lowest BCUT2D eigenvalue weighted by atomic mass is 10.0. The molecular formula is C26H18N2. The fraction of sp³-hybridized carbons (Fsp3) is 0. The van der Waals surface area contributed by atoms with E-state index in [0.29, 0.717) is 0 Å². The summed E-state index contributed by atoms with van der Waals surface area (Å²) in [5, 5.41) is 7.58. The molecule has 0 spiro atoms. The van der Waals surface area contributed by atoms with Crippen molar-refractivity contribution in [2.45, 2.75) is 0 Å². The van der Waals surface area contributed by atoms with Gasteiger partial charge in [-0.25, -0.2) is 0 Å². The lowest BCUT2D eigenvalue weighted by Gasteiger charge is -2.02. The zero-order chi connectivity index (χ0) is 18.8. The van der Waals surface area contributed by atoms with Gasteiger partial charge in [-0.3, -0.25) is 9.97 Å². The first-order chi connectivity index (χ1) is 13.9. The Morgan fingerprint density at radius 2 is 0.750 bits per heavy atom. The summed E-state index contributed by atoms with van der Waals surface area (Å²) in [6, 6.07) is 33.5. The highest BCUT2D eigenvalue weighted by Gasteiger charge is 2.00. The Labute approximate surface area is 163 Å². The molecule has 0 atom stereocenters. The fourth-order valence-electron chi connectivity index (χ4n) is 3.63. The highest BCUT2D eigenvalue weighted by Crippen LogP contribution is 2.24. The van der Waals surface area contributed by atoms with Crippen LogP contribution in [0.4, 0.5) is 0 Å². The molecule has 0 bridgehead atoms. The van der Waals surface area contributed by atoms with E-state index >= 15 is 0 Å². The highest BCUT2D eigenvalue weighted by atomic mass is 14.7. The van der Waals surface area contributed by atoms with Crippen molar-refractivity contribution in [1.82, 2.24) is 9.97 Å². The van der Waals surface area contributed by atoms with Crippen LogP contribution in [0.1, 0.15) is 0 Å². The van der Waals surface area contributed by atoms with Gasteiger partial charge in [-0.1, -0.05) is 84.9 Å². The van der Waals surface area contributed by atoms with Crippen LogP contribution in [0.5, 0.6) is 0 Å². The summed E-state index contributed by atoms with van der Waals surface area (Å²) in [6.45, 7) is 0. The van der Waals surface area contributed by atoms with Crippen molar-refractivity contribution >= 4 is 43.4 Å². The molecule has 6 aromatic rings. The van der Waals surface area contributed by atoms with Crippen molar-refractivity contribution in [3.63, 3.8) is 0 Å². The van der Waals surface area contributed by atoms with E-state index in [-0.39, 0.29) is 0 Å². The average Bonchev–Trinajstić information content (AvgIpc) is 2.79. The second-order valence-corrected chi connectivity index (χ2v) is 6.72. The molecule has 2 heteroatoms. The monoisotopic (exact) mass is 358 g/mol. The summed E-state index contributed by atoms with van der Waals surface area (Å²) in [6.07, 6.45) is 3.60. The van der Waals surface area contributed by atoms with Crippen molar-refractivity contribution < 1.29 is 0 Å². The molecule has 0 saturated carbocycles. The predicted molar refractivity (Wildman–Crippen MR) is 118 cm³/mol. The SMILES string of the molecule is c1ccc2c(c1)ccc1ccccc12.c1cnc2c(c1)ccc1cccnc12. The zero-order valence-corrected chi connectivity index (χ0v) is 15.3. The number of nitrogens with zero attached hydrogens (tertiary/aromatic N) is 2. The second-order valence-electron chi connectivity index (χ2n) is 6.72. The first-order valence-electron chi connectivity index (χ1n) is 9.35. The maximum Gasteiger partial charge on any atom is 0.0964 e. The number of aromatic nitrogens is 2. The molecule has 0 fully saturated rings. The van der Waals surface area contributed by atoms with Crippen molar-refractivity contribution in [2.24, 2.45) is 0 Å². The number of hydrogen-bond donors (Lipinski definition) is 0. The van der Waals surface area contributed by atoms with E-state index < -0.39 is 0 Å². The molecule has 2 aromatic heterocycles. The van der Waals surface area contributed by atoms with E-state index in [2.05, 4.69) is 94.9 Å². The van der Waals surface area contributed by atoms with Gasteiger partial charge in [0.2, 0.25) is 0 Å². The van der Waals surface area contributed by atoms with Crippen LogP contribution in [0.25, 0.3) is 43.4 Å². The summed E-state index contributed by atoms with van der Waals surface area (Å²) in [7, 11) is 0. The maximum atomic E-state index is 4.35. The van der Waals surface area contributed by atoms with Gasteiger partial charge in [0.25, 0.3) is 0 Å².